The Balaban J connectivity index is 2.01. The highest BCUT2D eigenvalue weighted by atomic mass is 16.3. The summed E-state index contributed by atoms with van der Waals surface area (Å²) in [6, 6.07) is -0.563. The van der Waals surface area contributed by atoms with Gasteiger partial charge in [0.2, 0.25) is 0 Å². The molecule has 18 heavy (non-hydrogen) atoms. The van der Waals surface area contributed by atoms with Crippen molar-refractivity contribution in [1.82, 2.24) is 25.5 Å². The lowest BCUT2D eigenvalue weighted by Gasteiger charge is -2.11. The van der Waals surface area contributed by atoms with Crippen LogP contribution in [0.2, 0.25) is 0 Å². The zero-order valence-corrected chi connectivity index (χ0v) is 9.42. The lowest BCUT2D eigenvalue weighted by Crippen LogP contribution is -2.34. The Labute approximate surface area is 101 Å². The third-order valence-electron chi connectivity index (χ3n) is 3.27. The van der Waals surface area contributed by atoms with E-state index in [1.54, 1.807) is 0 Å². The summed E-state index contributed by atoms with van der Waals surface area (Å²) in [5.41, 5.74) is 1.09. The van der Waals surface area contributed by atoms with Crippen molar-refractivity contribution in [2.45, 2.75) is 24.6 Å². The van der Waals surface area contributed by atoms with Gasteiger partial charge in [-0.3, -0.25) is 9.89 Å². The van der Waals surface area contributed by atoms with Gasteiger partial charge in [-0.05, 0) is 6.42 Å². The first kappa shape index (κ1) is 11.3. The van der Waals surface area contributed by atoms with Gasteiger partial charge in [0.1, 0.15) is 5.52 Å². The van der Waals surface area contributed by atoms with Crippen molar-refractivity contribution in [2.75, 3.05) is 6.61 Å². The van der Waals surface area contributed by atoms with E-state index in [9.17, 15) is 9.90 Å². The fourth-order valence-electron chi connectivity index (χ4n) is 2.32. The first-order valence-electron chi connectivity index (χ1n) is 5.67. The van der Waals surface area contributed by atoms with Gasteiger partial charge in [0.25, 0.3) is 5.56 Å². The van der Waals surface area contributed by atoms with E-state index >= 15 is 0 Å². The van der Waals surface area contributed by atoms with Crippen LogP contribution in [0, 0.1) is 0 Å². The maximum absolute atomic E-state index is 11.5. The number of H-pyrrole nitrogens is 2. The number of fused-ring (bicyclic) bond motifs is 1. The van der Waals surface area contributed by atoms with E-state index in [-0.39, 0.29) is 29.8 Å². The summed E-state index contributed by atoms with van der Waals surface area (Å²) in [7, 11) is 0. The highest BCUT2D eigenvalue weighted by Gasteiger charge is 2.34. The fraction of sp³-hybridized carbons (Fsp3) is 0.500. The number of hydrogen-bond donors (Lipinski definition) is 5. The number of aromatic amines is 2. The first-order chi connectivity index (χ1) is 8.70. The van der Waals surface area contributed by atoms with Gasteiger partial charge in [-0.2, -0.15) is 5.10 Å². The zero-order chi connectivity index (χ0) is 12.7. The number of rotatable bonds is 2. The number of aliphatic hydroxyl groups excluding tert-OH is 2. The standard InChI is InChI=1S/C10H13N5O3/c16-2-5-6(17)1-4(13-5)7-8-9(15-14-7)10(18)12-3-11-8/h3-6,13,16-17H,1-2H2,(H,14,15)(H,11,12,18)/t4-,5-,6+/m1/s1. The Bertz CT molecular complexity index is 621. The molecule has 0 aliphatic carbocycles. The van der Waals surface area contributed by atoms with Gasteiger partial charge >= 0.3 is 0 Å². The van der Waals surface area contributed by atoms with Crippen LogP contribution < -0.4 is 10.9 Å². The molecule has 8 nitrogen and oxygen atoms in total. The molecular weight excluding hydrogens is 238 g/mol. The van der Waals surface area contributed by atoms with E-state index in [0.29, 0.717) is 17.6 Å². The number of hydrogen-bond acceptors (Lipinski definition) is 6. The summed E-state index contributed by atoms with van der Waals surface area (Å²) in [6.45, 7) is -0.141. The summed E-state index contributed by atoms with van der Waals surface area (Å²) >= 11 is 0. The van der Waals surface area contributed by atoms with Crippen LogP contribution in [-0.2, 0) is 0 Å². The van der Waals surface area contributed by atoms with Crippen molar-refractivity contribution < 1.29 is 10.2 Å². The van der Waals surface area contributed by atoms with Gasteiger partial charge in [0.15, 0.2) is 5.52 Å². The Kier molecular flexibility index (Phi) is 2.62. The molecule has 1 aliphatic rings. The van der Waals surface area contributed by atoms with Crippen molar-refractivity contribution in [3.63, 3.8) is 0 Å². The molecule has 5 N–H and O–H groups in total. The molecule has 0 aromatic carbocycles. The first-order valence-corrected chi connectivity index (χ1v) is 5.67. The number of nitrogens with one attached hydrogen (secondary N) is 3. The van der Waals surface area contributed by atoms with Crippen LogP contribution in [0.25, 0.3) is 11.0 Å². The van der Waals surface area contributed by atoms with Gasteiger partial charge in [-0.15, -0.1) is 0 Å². The maximum Gasteiger partial charge on any atom is 0.279 e. The second-order valence-corrected chi connectivity index (χ2v) is 4.38. The third-order valence-corrected chi connectivity index (χ3v) is 3.27. The monoisotopic (exact) mass is 251 g/mol. The number of nitrogens with zero attached hydrogens (tertiary/aromatic N) is 2. The lowest BCUT2D eigenvalue weighted by atomic mass is 10.1. The molecule has 96 valence electrons. The average Bonchev–Trinajstić information content (AvgIpc) is 2.93. The molecule has 8 heteroatoms. The van der Waals surface area contributed by atoms with Gasteiger partial charge in [0, 0.05) is 0 Å². The van der Waals surface area contributed by atoms with Gasteiger partial charge in [0.05, 0.1) is 36.8 Å². The molecule has 1 fully saturated rings. The van der Waals surface area contributed by atoms with Crippen molar-refractivity contribution in [3.8, 4) is 0 Å². The summed E-state index contributed by atoms with van der Waals surface area (Å²) in [5, 5.41) is 28.6. The largest absolute Gasteiger partial charge is 0.395 e. The number of aromatic nitrogens is 4. The third kappa shape index (κ3) is 1.62. The molecule has 1 aliphatic heterocycles. The van der Waals surface area contributed by atoms with Crippen molar-refractivity contribution in [3.05, 3.63) is 22.4 Å². The highest BCUT2D eigenvalue weighted by molar-refractivity contribution is 5.75. The van der Waals surface area contributed by atoms with Crippen LogP contribution in [0.5, 0.6) is 0 Å². The molecule has 2 aromatic heterocycles. The highest BCUT2D eigenvalue weighted by Crippen LogP contribution is 2.28. The van der Waals surface area contributed by atoms with Crippen molar-refractivity contribution >= 4 is 11.0 Å². The normalized spacial score (nSPS) is 28.0. The molecular formula is C10H13N5O3. The van der Waals surface area contributed by atoms with E-state index < -0.39 is 6.10 Å². The lowest BCUT2D eigenvalue weighted by molar-refractivity contribution is 0.121. The molecule has 3 rings (SSSR count). The SMILES string of the molecule is O=c1[nH]cnc2c([C@H]3C[C@H](O)[C@@H](CO)N3)[nH]nc12. The van der Waals surface area contributed by atoms with Crippen LogP contribution in [0.1, 0.15) is 18.2 Å². The molecule has 0 amide bonds. The van der Waals surface area contributed by atoms with E-state index in [1.807, 2.05) is 0 Å². The molecule has 2 aromatic rings. The Morgan fingerprint density at radius 3 is 3.00 bits per heavy atom. The number of aliphatic hydroxyl groups is 2. The molecule has 0 radical (unpaired) electrons. The Morgan fingerprint density at radius 2 is 2.28 bits per heavy atom. The summed E-state index contributed by atoms with van der Waals surface area (Å²) in [6.07, 6.45) is 1.13. The van der Waals surface area contributed by atoms with Crippen LogP contribution >= 0.6 is 0 Å². The second kappa shape index (κ2) is 4.16. The molecule has 3 heterocycles. The molecule has 1 saturated heterocycles. The quantitative estimate of drug-likeness (QED) is 0.437. The van der Waals surface area contributed by atoms with Crippen molar-refractivity contribution in [2.24, 2.45) is 0 Å². The smallest absolute Gasteiger partial charge is 0.279 e. The van der Waals surface area contributed by atoms with Crippen LogP contribution in [0.4, 0.5) is 0 Å². The van der Waals surface area contributed by atoms with Crippen LogP contribution in [0.15, 0.2) is 11.1 Å². The van der Waals surface area contributed by atoms with Crippen molar-refractivity contribution in [1.29, 1.82) is 0 Å². The van der Waals surface area contributed by atoms with Gasteiger partial charge in [-0.25, -0.2) is 4.98 Å². The van der Waals surface area contributed by atoms with Gasteiger partial charge < -0.3 is 20.5 Å². The molecule has 0 saturated carbocycles. The summed E-state index contributed by atoms with van der Waals surface area (Å²) in [5.74, 6) is 0. The summed E-state index contributed by atoms with van der Waals surface area (Å²) in [4.78, 5) is 18.0. The Hall–Kier alpha value is -1.77. The van der Waals surface area contributed by atoms with Gasteiger partial charge in [-0.1, -0.05) is 0 Å². The minimum absolute atomic E-state index is 0.141. The molecule has 0 bridgehead atoms. The van der Waals surface area contributed by atoms with Crippen LogP contribution in [-0.4, -0.2) is 49.1 Å². The average molecular weight is 251 g/mol. The fourth-order valence-corrected chi connectivity index (χ4v) is 2.32. The van der Waals surface area contributed by atoms with E-state index in [4.69, 9.17) is 5.11 Å². The Morgan fingerprint density at radius 1 is 1.44 bits per heavy atom. The summed E-state index contributed by atoms with van der Waals surface area (Å²) < 4.78 is 0. The second-order valence-electron chi connectivity index (χ2n) is 4.38. The van der Waals surface area contributed by atoms with Crippen LogP contribution in [0.3, 0.4) is 0 Å². The zero-order valence-electron chi connectivity index (χ0n) is 9.42. The minimum atomic E-state index is -0.625. The predicted octanol–water partition coefficient (Wildman–Crippen LogP) is -1.60. The molecule has 3 atom stereocenters. The topological polar surface area (TPSA) is 127 Å². The van der Waals surface area contributed by atoms with E-state index in [0.717, 1.165) is 0 Å². The van der Waals surface area contributed by atoms with E-state index in [2.05, 4.69) is 25.5 Å². The van der Waals surface area contributed by atoms with E-state index in [1.165, 1.54) is 6.33 Å². The molecule has 0 spiro atoms. The minimum Gasteiger partial charge on any atom is -0.395 e. The molecule has 0 unspecified atom stereocenters. The maximum atomic E-state index is 11.5. The predicted molar refractivity (Wildman–Crippen MR) is 61.9 cm³/mol.